The zero-order valence-corrected chi connectivity index (χ0v) is 11.6. The first-order chi connectivity index (χ1) is 9.70. The number of nitrogens with zero attached hydrogens (tertiary/aromatic N) is 2. The number of aliphatic carboxylic acids is 1. The van der Waals surface area contributed by atoms with Crippen molar-refractivity contribution in [1.29, 1.82) is 5.26 Å². The number of hydrogen-bond acceptors (Lipinski definition) is 5. The molecular weight excluding hydrogens is 301 g/mol. The lowest BCUT2D eigenvalue weighted by atomic mass is 10.0. The molecule has 0 radical (unpaired) electrons. The van der Waals surface area contributed by atoms with Crippen molar-refractivity contribution in [2.24, 2.45) is 5.73 Å². The molecule has 0 saturated carbocycles. The van der Waals surface area contributed by atoms with Gasteiger partial charge in [-0.3, -0.25) is 4.79 Å². The Morgan fingerprint density at radius 3 is 2.71 bits per heavy atom. The summed E-state index contributed by atoms with van der Waals surface area (Å²) < 4.78 is 38.9. The minimum absolute atomic E-state index is 0.0200. The minimum atomic E-state index is -4.02. The van der Waals surface area contributed by atoms with Crippen molar-refractivity contribution < 1.29 is 22.7 Å². The van der Waals surface area contributed by atoms with Crippen LogP contribution >= 0.6 is 0 Å². The molecule has 1 unspecified atom stereocenters. The molecular formula is C12H12FN3O4S. The molecule has 0 aliphatic carbocycles. The molecule has 1 fully saturated rings. The highest BCUT2D eigenvalue weighted by molar-refractivity contribution is 7.89. The molecule has 7 nitrogen and oxygen atoms in total. The summed E-state index contributed by atoms with van der Waals surface area (Å²) in [5.41, 5.74) is 3.60. The molecule has 1 aromatic carbocycles. The Hall–Kier alpha value is -2.02. The van der Waals surface area contributed by atoms with E-state index < -0.39 is 32.9 Å². The lowest BCUT2D eigenvalue weighted by molar-refractivity contribution is -0.142. The fourth-order valence-electron chi connectivity index (χ4n) is 2.08. The van der Waals surface area contributed by atoms with Crippen LogP contribution in [0.2, 0.25) is 0 Å². The van der Waals surface area contributed by atoms with Crippen LogP contribution in [0.3, 0.4) is 0 Å². The molecule has 1 saturated heterocycles. The molecule has 0 spiro atoms. The summed E-state index contributed by atoms with van der Waals surface area (Å²) in [4.78, 5) is 10.8. The van der Waals surface area contributed by atoms with Crippen molar-refractivity contribution >= 4 is 16.0 Å². The van der Waals surface area contributed by atoms with Crippen LogP contribution in [0.5, 0.6) is 0 Å². The lowest BCUT2D eigenvalue weighted by Gasteiger charge is -2.20. The van der Waals surface area contributed by atoms with E-state index in [4.69, 9.17) is 16.1 Å². The van der Waals surface area contributed by atoms with Gasteiger partial charge in [0.15, 0.2) is 0 Å². The van der Waals surface area contributed by atoms with Crippen molar-refractivity contribution in [3.63, 3.8) is 0 Å². The Balaban J connectivity index is 2.37. The fourth-order valence-corrected chi connectivity index (χ4v) is 3.61. The zero-order chi connectivity index (χ0) is 15.8. The van der Waals surface area contributed by atoms with Crippen molar-refractivity contribution in [3.8, 4) is 6.07 Å². The Labute approximate surface area is 120 Å². The van der Waals surface area contributed by atoms with Gasteiger partial charge in [0, 0.05) is 13.1 Å². The number of rotatable bonds is 3. The van der Waals surface area contributed by atoms with Gasteiger partial charge >= 0.3 is 5.97 Å². The fraction of sp³-hybridized carbons (Fsp3) is 0.333. The van der Waals surface area contributed by atoms with Crippen LogP contribution in [0.4, 0.5) is 4.39 Å². The van der Waals surface area contributed by atoms with E-state index in [0.717, 1.165) is 22.5 Å². The van der Waals surface area contributed by atoms with Crippen molar-refractivity contribution in [2.75, 3.05) is 13.1 Å². The van der Waals surface area contributed by atoms with Gasteiger partial charge in [0.2, 0.25) is 10.0 Å². The van der Waals surface area contributed by atoms with E-state index in [2.05, 4.69) is 0 Å². The maximum absolute atomic E-state index is 13.2. The van der Waals surface area contributed by atoms with E-state index in [9.17, 15) is 17.6 Å². The molecule has 1 heterocycles. The van der Waals surface area contributed by atoms with Crippen LogP contribution in [0.25, 0.3) is 0 Å². The Morgan fingerprint density at radius 2 is 2.19 bits per heavy atom. The van der Waals surface area contributed by atoms with Crippen LogP contribution < -0.4 is 5.73 Å². The molecule has 0 amide bonds. The maximum atomic E-state index is 13.2. The second kappa shape index (κ2) is 5.07. The highest BCUT2D eigenvalue weighted by Gasteiger charge is 2.45. The number of nitrogens with two attached hydrogens (primary N) is 1. The number of nitriles is 1. The normalized spacial score (nSPS) is 22.9. The number of carboxylic acids is 1. The van der Waals surface area contributed by atoms with Crippen LogP contribution in [0.15, 0.2) is 23.1 Å². The first kappa shape index (κ1) is 15.4. The second-order valence-corrected chi connectivity index (χ2v) is 6.74. The van der Waals surface area contributed by atoms with E-state index in [1.165, 1.54) is 0 Å². The van der Waals surface area contributed by atoms with Crippen LogP contribution in [-0.4, -0.2) is 42.4 Å². The third-order valence-electron chi connectivity index (χ3n) is 3.39. The smallest absolute Gasteiger partial charge is 0.325 e. The number of carboxylic acid groups (broad SMARTS) is 1. The predicted molar refractivity (Wildman–Crippen MR) is 69.0 cm³/mol. The molecule has 0 aromatic heterocycles. The Kier molecular flexibility index (Phi) is 3.71. The molecule has 1 aliphatic rings. The number of sulfonamides is 1. The van der Waals surface area contributed by atoms with E-state index >= 15 is 0 Å². The number of benzene rings is 1. The summed E-state index contributed by atoms with van der Waals surface area (Å²) in [7, 11) is -4.02. The molecule has 2 rings (SSSR count). The lowest BCUT2D eigenvalue weighted by Crippen LogP contribution is -2.50. The summed E-state index contributed by atoms with van der Waals surface area (Å²) in [6, 6.07) is 4.39. The van der Waals surface area contributed by atoms with Gasteiger partial charge in [0.1, 0.15) is 17.4 Å². The van der Waals surface area contributed by atoms with E-state index in [1.54, 1.807) is 6.07 Å². The summed E-state index contributed by atoms with van der Waals surface area (Å²) in [5.74, 6) is -2.10. The zero-order valence-electron chi connectivity index (χ0n) is 10.8. The second-order valence-electron chi connectivity index (χ2n) is 4.80. The summed E-state index contributed by atoms with van der Waals surface area (Å²) in [6.45, 7) is -0.422. The van der Waals surface area contributed by atoms with E-state index in [1.807, 2.05) is 0 Å². The number of hydrogen-bond donors (Lipinski definition) is 2. The van der Waals surface area contributed by atoms with Gasteiger partial charge in [0.25, 0.3) is 0 Å². The molecule has 0 bridgehead atoms. The van der Waals surface area contributed by atoms with Gasteiger partial charge in [-0.1, -0.05) is 0 Å². The standard InChI is InChI=1S/C12H12FN3O4S/c13-10-2-1-9(5-8(10)6-14)21(19,20)16-4-3-12(15,7-16)11(17)18/h1-2,5H,3-4,7,15H2,(H,17,18). The third-order valence-corrected chi connectivity index (χ3v) is 5.23. The molecule has 112 valence electrons. The van der Waals surface area contributed by atoms with Gasteiger partial charge in [-0.2, -0.15) is 9.57 Å². The van der Waals surface area contributed by atoms with Crippen molar-refractivity contribution in [2.45, 2.75) is 16.9 Å². The average Bonchev–Trinajstić information content (AvgIpc) is 2.84. The van der Waals surface area contributed by atoms with Gasteiger partial charge in [0.05, 0.1) is 10.5 Å². The summed E-state index contributed by atoms with van der Waals surface area (Å²) in [6.07, 6.45) is -0.0200. The number of halogens is 1. The van der Waals surface area contributed by atoms with Gasteiger partial charge < -0.3 is 10.8 Å². The molecule has 21 heavy (non-hydrogen) atoms. The first-order valence-electron chi connectivity index (χ1n) is 5.93. The molecule has 3 N–H and O–H groups in total. The van der Waals surface area contributed by atoms with E-state index in [-0.39, 0.29) is 24.4 Å². The maximum Gasteiger partial charge on any atom is 0.325 e. The number of carbonyl (C=O) groups is 1. The van der Waals surface area contributed by atoms with Crippen molar-refractivity contribution in [3.05, 3.63) is 29.6 Å². The molecule has 9 heteroatoms. The van der Waals surface area contributed by atoms with E-state index in [0.29, 0.717) is 0 Å². The summed E-state index contributed by atoms with van der Waals surface area (Å²) in [5, 5.41) is 17.7. The van der Waals surface area contributed by atoms with Gasteiger partial charge in [-0.15, -0.1) is 0 Å². The monoisotopic (exact) mass is 313 g/mol. The van der Waals surface area contributed by atoms with Crippen LogP contribution in [-0.2, 0) is 14.8 Å². The Bertz CT molecular complexity index is 743. The van der Waals surface area contributed by atoms with Crippen molar-refractivity contribution in [1.82, 2.24) is 4.31 Å². The minimum Gasteiger partial charge on any atom is -0.480 e. The Morgan fingerprint density at radius 1 is 1.52 bits per heavy atom. The molecule has 1 aliphatic heterocycles. The topological polar surface area (TPSA) is 124 Å². The summed E-state index contributed by atoms with van der Waals surface area (Å²) >= 11 is 0. The molecule has 1 atom stereocenters. The first-order valence-corrected chi connectivity index (χ1v) is 7.37. The highest BCUT2D eigenvalue weighted by Crippen LogP contribution is 2.26. The van der Waals surface area contributed by atoms with Crippen LogP contribution in [0.1, 0.15) is 12.0 Å². The quantitative estimate of drug-likeness (QED) is 0.801. The highest BCUT2D eigenvalue weighted by atomic mass is 32.2. The largest absolute Gasteiger partial charge is 0.480 e. The SMILES string of the molecule is N#Cc1cc(S(=O)(=O)N2CCC(N)(C(=O)O)C2)ccc1F. The van der Waals surface area contributed by atoms with Crippen LogP contribution in [0, 0.1) is 17.1 Å². The average molecular weight is 313 g/mol. The molecule has 1 aromatic rings. The van der Waals surface area contributed by atoms with Gasteiger partial charge in [-0.05, 0) is 24.6 Å². The predicted octanol–water partition coefficient (Wildman–Crippen LogP) is -0.126. The van der Waals surface area contributed by atoms with Gasteiger partial charge in [-0.25, -0.2) is 12.8 Å². The third kappa shape index (κ3) is 2.61.